The fraction of sp³-hybridized carbons (Fsp3) is 0.412. The summed E-state index contributed by atoms with van der Waals surface area (Å²) in [7, 11) is 0. The normalized spacial score (nSPS) is 23.0. The Balaban J connectivity index is 1.94. The summed E-state index contributed by atoms with van der Waals surface area (Å²) >= 11 is 0. The lowest BCUT2D eigenvalue weighted by Gasteiger charge is -2.48. The van der Waals surface area contributed by atoms with E-state index in [1.165, 1.54) is 16.3 Å². The summed E-state index contributed by atoms with van der Waals surface area (Å²) in [4.78, 5) is 0. The third kappa shape index (κ3) is 1.39. The summed E-state index contributed by atoms with van der Waals surface area (Å²) < 4.78 is 5.56. The lowest BCUT2D eigenvalue weighted by atomic mass is 9.65. The van der Waals surface area contributed by atoms with Crippen molar-refractivity contribution in [1.82, 2.24) is 0 Å². The Labute approximate surface area is 113 Å². The van der Waals surface area contributed by atoms with Gasteiger partial charge in [0.2, 0.25) is 0 Å². The van der Waals surface area contributed by atoms with Gasteiger partial charge in [-0.2, -0.15) is 0 Å². The molecule has 1 heterocycles. The highest BCUT2D eigenvalue weighted by Gasteiger charge is 2.63. The molecule has 1 N–H and O–H groups in total. The number of aliphatic hydroxyl groups excluding tert-OH is 1. The highest BCUT2D eigenvalue weighted by atomic mass is 16.5. The van der Waals surface area contributed by atoms with Crippen LogP contribution in [0.1, 0.15) is 18.4 Å². The average molecular weight is 254 g/mol. The monoisotopic (exact) mass is 254 g/mol. The van der Waals surface area contributed by atoms with Gasteiger partial charge in [0.1, 0.15) is 0 Å². The third-order valence-electron chi connectivity index (χ3n) is 5.17. The molecule has 0 unspecified atom stereocenters. The molecule has 2 fully saturated rings. The molecule has 0 amide bonds. The van der Waals surface area contributed by atoms with E-state index in [2.05, 4.69) is 42.5 Å². The minimum absolute atomic E-state index is 0.0304. The van der Waals surface area contributed by atoms with Crippen molar-refractivity contribution >= 4 is 10.8 Å². The van der Waals surface area contributed by atoms with Crippen molar-refractivity contribution in [3.63, 3.8) is 0 Å². The Bertz CT molecular complexity index is 619. The van der Waals surface area contributed by atoms with Crippen LogP contribution in [0.3, 0.4) is 0 Å². The van der Waals surface area contributed by atoms with Crippen molar-refractivity contribution in [2.24, 2.45) is 5.41 Å². The van der Waals surface area contributed by atoms with Crippen molar-refractivity contribution < 1.29 is 9.84 Å². The van der Waals surface area contributed by atoms with E-state index in [-0.39, 0.29) is 17.4 Å². The molecule has 0 radical (unpaired) electrons. The fourth-order valence-electron chi connectivity index (χ4n) is 3.64. The zero-order valence-electron chi connectivity index (χ0n) is 10.9. The number of hydrogen-bond acceptors (Lipinski definition) is 2. The van der Waals surface area contributed by atoms with E-state index >= 15 is 0 Å². The maximum Gasteiger partial charge on any atom is 0.0592 e. The van der Waals surface area contributed by atoms with Gasteiger partial charge in [-0.1, -0.05) is 42.5 Å². The van der Waals surface area contributed by atoms with Crippen LogP contribution in [-0.4, -0.2) is 24.9 Å². The van der Waals surface area contributed by atoms with Crippen LogP contribution >= 0.6 is 0 Å². The third-order valence-corrected chi connectivity index (χ3v) is 5.17. The van der Waals surface area contributed by atoms with Crippen LogP contribution in [0.2, 0.25) is 0 Å². The van der Waals surface area contributed by atoms with Crippen LogP contribution in [0.15, 0.2) is 42.5 Å². The van der Waals surface area contributed by atoms with E-state index in [0.717, 1.165) is 26.1 Å². The molecule has 2 aliphatic rings. The highest BCUT2D eigenvalue weighted by Crippen LogP contribution is 2.62. The van der Waals surface area contributed by atoms with Gasteiger partial charge in [-0.15, -0.1) is 0 Å². The number of benzene rings is 2. The smallest absolute Gasteiger partial charge is 0.0592 e. The Morgan fingerprint density at radius 1 is 1.00 bits per heavy atom. The Kier molecular flexibility index (Phi) is 2.30. The van der Waals surface area contributed by atoms with Gasteiger partial charge in [0.05, 0.1) is 18.6 Å². The van der Waals surface area contributed by atoms with Crippen LogP contribution < -0.4 is 0 Å². The quantitative estimate of drug-likeness (QED) is 0.912. The van der Waals surface area contributed by atoms with Gasteiger partial charge < -0.3 is 9.84 Å². The minimum atomic E-state index is 0.0304. The molecule has 98 valence electrons. The second-order valence-electron chi connectivity index (χ2n) is 6.04. The number of ether oxygens (including phenoxy) is 1. The van der Waals surface area contributed by atoms with Crippen molar-refractivity contribution in [2.45, 2.75) is 18.3 Å². The topological polar surface area (TPSA) is 29.5 Å². The van der Waals surface area contributed by atoms with Gasteiger partial charge >= 0.3 is 0 Å². The number of fused-ring (bicyclic) bond motifs is 1. The van der Waals surface area contributed by atoms with Crippen LogP contribution in [0.25, 0.3) is 10.8 Å². The number of hydrogen-bond donors (Lipinski definition) is 1. The second kappa shape index (κ2) is 3.81. The van der Waals surface area contributed by atoms with Gasteiger partial charge in [-0.05, 0) is 29.2 Å². The van der Waals surface area contributed by atoms with Crippen LogP contribution in [-0.2, 0) is 10.2 Å². The summed E-state index contributed by atoms with van der Waals surface area (Å²) in [6.07, 6.45) is 2.24. The second-order valence-corrected chi connectivity index (χ2v) is 6.04. The molecule has 0 atom stereocenters. The van der Waals surface area contributed by atoms with Crippen molar-refractivity contribution in [3.8, 4) is 0 Å². The average Bonchev–Trinajstić information content (AvgIpc) is 3.19. The molecule has 2 aromatic rings. The summed E-state index contributed by atoms with van der Waals surface area (Å²) in [5.74, 6) is 0. The first-order valence-corrected chi connectivity index (χ1v) is 6.98. The molecule has 2 nitrogen and oxygen atoms in total. The Morgan fingerprint density at radius 2 is 1.74 bits per heavy atom. The van der Waals surface area contributed by atoms with E-state index in [4.69, 9.17) is 4.74 Å². The molecule has 19 heavy (non-hydrogen) atoms. The van der Waals surface area contributed by atoms with Crippen LogP contribution in [0, 0.1) is 5.41 Å². The lowest BCUT2D eigenvalue weighted by molar-refractivity contribution is -0.109. The summed E-state index contributed by atoms with van der Waals surface area (Å²) in [6.45, 7) is 1.78. The van der Waals surface area contributed by atoms with Gasteiger partial charge in [0.25, 0.3) is 0 Å². The highest BCUT2D eigenvalue weighted by molar-refractivity contribution is 5.87. The first-order chi connectivity index (χ1) is 9.31. The molecule has 1 aliphatic heterocycles. The van der Waals surface area contributed by atoms with Gasteiger partial charge in [-0.3, -0.25) is 0 Å². The first-order valence-electron chi connectivity index (χ1n) is 6.98. The van der Waals surface area contributed by atoms with Crippen molar-refractivity contribution in [2.75, 3.05) is 19.8 Å². The molecule has 4 rings (SSSR count). The molecule has 1 aliphatic carbocycles. The van der Waals surface area contributed by atoms with E-state index in [0.29, 0.717) is 0 Å². The van der Waals surface area contributed by atoms with Gasteiger partial charge in [0.15, 0.2) is 0 Å². The summed E-state index contributed by atoms with van der Waals surface area (Å²) in [5, 5.41) is 12.4. The molecule has 0 aromatic heterocycles. The van der Waals surface area contributed by atoms with E-state index in [1.54, 1.807) is 0 Å². The molecule has 2 aromatic carbocycles. The predicted molar refractivity (Wildman–Crippen MR) is 75.2 cm³/mol. The van der Waals surface area contributed by atoms with Crippen LogP contribution in [0.5, 0.6) is 0 Å². The van der Waals surface area contributed by atoms with E-state index < -0.39 is 0 Å². The number of aliphatic hydroxyl groups is 1. The first kappa shape index (κ1) is 11.4. The van der Waals surface area contributed by atoms with E-state index in [9.17, 15) is 5.11 Å². The van der Waals surface area contributed by atoms with Crippen molar-refractivity contribution in [1.29, 1.82) is 0 Å². The maximum absolute atomic E-state index is 9.83. The minimum Gasteiger partial charge on any atom is -0.396 e. The zero-order chi connectivity index (χ0) is 12.9. The van der Waals surface area contributed by atoms with E-state index in [1.807, 2.05) is 0 Å². The molecule has 1 saturated carbocycles. The van der Waals surface area contributed by atoms with Gasteiger partial charge in [0, 0.05) is 12.0 Å². The SMILES string of the molecule is OCC1(C2(c3cccc4ccccc34)COC2)CC1. The summed E-state index contributed by atoms with van der Waals surface area (Å²) in [5.41, 5.74) is 1.46. The molecule has 1 saturated heterocycles. The zero-order valence-corrected chi connectivity index (χ0v) is 10.9. The maximum atomic E-state index is 9.83. The molecule has 0 bridgehead atoms. The van der Waals surface area contributed by atoms with Gasteiger partial charge in [-0.25, -0.2) is 0 Å². The van der Waals surface area contributed by atoms with Crippen LogP contribution in [0.4, 0.5) is 0 Å². The Morgan fingerprint density at radius 3 is 2.37 bits per heavy atom. The lowest BCUT2D eigenvalue weighted by Crippen LogP contribution is -2.55. The fourth-order valence-corrected chi connectivity index (χ4v) is 3.64. The standard InChI is InChI=1S/C17H18O2/c18-10-16(8-9-16)17(11-19-12-17)15-7-3-5-13-4-1-2-6-14(13)15/h1-7,18H,8-12H2. The molecule has 2 heteroatoms. The Hall–Kier alpha value is -1.38. The molecular weight excluding hydrogens is 236 g/mol. The predicted octanol–water partition coefficient (Wildman–Crippen LogP) is 2.88. The van der Waals surface area contributed by atoms with Crippen molar-refractivity contribution in [3.05, 3.63) is 48.0 Å². The molecular formula is C17H18O2. The number of rotatable bonds is 3. The molecule has 0 spiro atoms. The largest absolute Gasteiger partial charge is 0.396 e. The summed E-state index contributed by atoms with van der Waals surface area (Å²) in [6, 6.07) is 15.0.